The van der Waals surface area contributed by atoms with E-state index in [0.717, 1.165) is 89.9 Å². The van der Waals surface area contributed by atoms with Crippen LogP contribution >= 0.6 is 0 Å². The van der Waals surface area contributed by atoms with Gasteiger partial charge in [0.2, 0.25) is 0 Å². The molecule has 0 aromatic rings. The third-order valence-electron chi connectivity index (χ3n) is 13.9. The van der Waals surface area contributed by atoms with E-state index in [4.69, 9.17) is 23.7 Å². The first-order chi connectivity index (χ1) is 41.6. The average Bonchev–Trinajstić information content (AvgIpc) is 3.46. The van der Waals surface area contributed by atoms with Crippen LogP contribution in [-0.4, -0.2) is 89.2 Å². The number of rotatable bonds is 54. The monoisotopic (exact) mass is 1180 g/mol. The van der Waals surface area contributed by atoms with Crippen LogP contribution in [-0.2, 0) is 42.9 Å². The number of ether oxygens (including phenoxy) is 5. The van der Waals surface area contributed by atoms with Crippen LogP contribution in [0.25, 0.3) is 0 Å². The summed E-state index contributed by atoms with van der Waals surface area (Å²) >= 11 is 0. The summed E-state index contributed by atoms with van der Waals surface area (Å²) in [5.41, 5.74) is 0. The second-order valence-electron chi connectivity index (χ2n) is 21.6. The maximum absolute atomic E-state index is 13.2. The predicted molar refractivity (Wildman–Crippen MR) is 349 cm³/mol. The topological polar surface area (TPSA) is 175 Å². The normalized spacial score (nSPS) is 18.4. The highest BCUT2D eigenvalue weighted by molar-refractivity contribution is 5.74. The second kappa shape index (κ2) is 59.0. The molecular weight excluding hydrogens is 1070 g/mol. The van der Waals surface area contributed by atoms with Crippen LogP contribution < -0.4 is 0 Å². The number of carboxylic acid groups (broad SMARTS) is 1. The van der Waals surface area contributed by atoms with Gasteiger partial charge in [0.05, 0.1) is 6.61 Å². The first-order valence-corrected chi connectivity index (χ1v) is 32.8. The molecule has 1 aliphatic rings. The SMILES string of the molecule is CC/C=C\C/C=C\C/C=C\C/C=C\C/C=C\C/C=C\CCC(=O)OCC(COC1OC(C(=O)O)C(O)C(O)C1OC(=O)CCCCCCCCCCCCCCCCCCC)OC(=O)CC/C=C\C/C=C\C/C=C\C/C=C\C/C=C\C/C=C\CC. The minimum Gasteiger partial charge on any atom is -0.479 e. The molecule has 1 saturated heterocycles. The zero-order chi connectivity index (χ0) is 61.7. The molecule has 6 unspecified atom stereocenters. The van der Waals surface area contributed by atoms with Gasteiger partial charge < -0.3 is 39.0 Å². The highest BCUT2D eigenvalue weighted by Gasteiger charge is 2.50. The molecule has 3 N–H and O–H groups in total. The molecule has 1 rings (SSSR count). The summed E-state index contributed by atoms with van der Waals surface area (Å²) in [7, 11) is 0. The van der Waals surface area contributed by atoms with Gasteiger partial charge in [0.25, 0.3) is 0 Å². The summed E-state index contributed by atoms with van der Waals surface area (Å²) in [6.45, 7) is 5.65. The summed E-state index contributed by atoms with van der Waals surface area (Å²) in [5, 5.41) is 31.6. The average molecular weight is 1180 g/mol. The van der Waals surface area contributed by atoms with Crippen molar-refractivity contribution in [2.75, 3.05) is 13.2 Å². The Labute approximate surface area is 514 Å². The number of carboxylic acids is 1. The Hall–Kier alpha value is -5.40. The van der Waals surface area contributed by atoms with E-state index >= 15 is 0 Å². The number of carbonyl (C=O) groups excluding carboxylic acids is 3. The molecular formula is C73H114O12. The van der Waals surface area contributed by atoms with Gasteiger partial charge in [-0.25, -0.2) is 4.79 Å². The molecule has 85 heavy (non-hydrogen) atoms. The number of carbonyl (C=O) groups is 4. The van der Waals surface area contributed by atoms with E-state index in [1.807, 2.05) is 24.3 Å². The lowest BCUT2D eigenvalue weighted by atomic mass is 9.98. The Morgan fingerprint density at radius 2 is 0.741 bits per heavy atom. The molecule has 12 nitrogen and oxygen atoms in total. The number of allylic oxidation sites excluding steroid dienone is 24. The van der Waals surface area contributed by atoms with Crippen LogP contribution in [0.15, 0.2) is 146 Å². The van der Waals surface area contributed by atoms with Gasteiger partial charge in [-0.05, 0) is 96.3 Å². The molecule has 0 amide bonds. The van der Waals surface area contributed by atoms with Crippen molar-refractivity contribution in [3.8, 4) is 0 Å². The van der Waals surface area contributed by atoms with E-state index in [2.05, 4.69) is 142 Å². The van der Waals surface area contributed by atoms with Gasteiger partial charge in [0, 0.05) is 19.3 Å². The van der Waals surface area contributed by atoms with E-state index in [-0.39, 0.29) is 19.3 Å². The van der Waals surface area contributed by atoms with Gasteiger partial charge in [-0.15, -0.1) is 0 Å². The van der Waals surface area contributed by atoms with Crippen molar-refractivity contribution in [2.24, 2.45) is 0 Å². The van der Waals surface area contributed by atoms with Crippen molar-refractivity contribution in [3.63, 3.8) is 0 Å². The van der Waals surface area contributed by atoms with E-state index in [1.165, 1.54) is 77.0 Å². The molecule has 0 saturated carbocycles. The van der Waals surface area contributed by atoms with Crippen LogP contribution in [0.1, 0.15) is 239 Å². The quantitative estimate of drug-likeness (QED) is 0.0228. The fourth-order valence-corrected chi connectivity index (χ4v) is 9.01. The maximum atomic E-state index is 13.2. The fraction of sp³-hybridized carbons (Fsp3) is 0.616. The van der Waals surface area contributed by atoms with Gasteiger partial charge in [0.1, 0.15) is 18.8 Å². The number of hydrogen-bond donors (Lipinski definition) is 3. The standard InChI is InChI=1S/C73H114O12/c1-4-7-10-13-16-19-22-25-28-31-33-36-38-41-44-47-50-53-56-59-65(74)81-62-64(83-66(75)60-57-54-51-48-45-42-40-37-34-32-29-26-23-20-17-14-11-8-5-2)63-82-73-71(69(78)68(77)70(85-73)72(79)80)84-67(76)61-58-55-52-49-46-43-39-35-30-27-24-21-18-15-12-9-6-3/h7-8,10-11,16-17,19-20,25-26,28-29,33-34,36-37,41-42,44-45,50-51,53-54,64,68-71,73,77-78H,4-6,9,12-15,18,21-24,27,30-32,35,38-40,43,46-49,52,55-63H2,1-3H3,(H,79,80)/b10-7-,11-8-,19-16-,20-17-,28-25-,29-26-,36-33-,37-34-,44-41-,45-42-,53-50-,54-51-. The summed E-state index contributed by atoms with van der Waals surface area (Å²) in [6.07, 6.45) is 72.6. The predicted octanol–water partition coefficient (Wildman–Crippen LogP) is 17.9. The molecule has 0 aliphatic carbocycles. The van der Waals surface area contributed by atoms with Crippen molar-refractivity contribution in [1.29, 1.82) is 0 Å². The lowest BCUT2D eigenvalue weighted by molar-refractivity contribution is -0.301. The summed E-state index contributed by atoms with van der Waals surface area (Å²) in [4.78, 5) is 51.3. The molecule has 6 atom stereocenters. The molecule has 0 bridgehead atoms. The lowest BCUT2D eigenvalue weighted by Crippen LogP contribution is -2.61. The summed E-state index contributed by atoms with van der Waals surface area (Å²) in [6, 6.07) is 0. The Kier molecular flexibility index (Phi) is 53.8. The lowest BCUT2D eigenvalue weighted by Gasteiger charge is -2.40. The second-order valence-corrected chi connectivity index (χ2v) is 21.6. The largest absolute Gasteiger partial charge is 0.479 e. The van der Waals surface area contributed by atoms with Crippen molar-refractivity contribution in [2.45, 2.75) is 276 Å². The third kappa shape index (κ3) is 48.4. The van der Waals surface area contributed by atoms with Crippen molar-refractivity contribution >= 4 is 23.9 Å². The van der Waals surface area contributed by atoms with Gasteiger partial charge in [-0.3, -0.25) is 14.4 Å². The molecule has 1 aliphatic heterocycles. The van der Waals surface area contributed by atoms with E-state index in [9.17, 15) is 34.5 Å². The zero-order valence-electron chi connectivity index (χ0n) is 52.8. The number of aliphatic hydroxyl groups excluding tert-OH is 2. The highest BCUT2D eigenvalue weighted by atomic mass is 16.7. The molecule has 0 spiro atoms. The fourth-order valence-electron chi connectivity index (χ4n) is 9.01. The van der Waals surface area contributed by atoms with Crippen LogP contribution in [0, 0.1) is 0 Å². The third-order valence-corrected chi connectivity index (χ3v) is 13.9. The molecule has 12 heteroatoms. The number of aliphatic hydroxyl groups is 2. The minimum absolute atomic E-state index is 0.0147. The van der Waals surface area contributed by atoms with E-state index < -0.39 is 73.9 Å². The number of unbranched alkanes of at least 4 members (excludes halogenated alkanes) is 16. The van der Waals surface area contributed by atoms with Crippen molar-refractivity contribution in [3.05, 3.63) is 146 Å². The molecule has 478 valence electrons. The Bertz CT molecular complexity index is 2030. The Balaban J connectivity index is 2.76. The molecule has 1 fully saturated rings. The number of esters is 3. The maximum Gasteiger partial charge on any atom is 0.335 e. The summed E-state index contributed by atoms with van der Waals surface area (Å²) in [5.74, 6) is -3.36. The first-order valence-electron chi connectivity index (χ1n) is 32.8. The zero-order valence-corrected chi connectivity index (χ0v) is 52.8. The van der Waals surface area contributed by atoms with Crippen LogP contribution in [0.3, 0.4) is 0 Å². The first kappa shape index (κ1) is 77.6. The van der Waals surface area contributed by atoms with Gasteiger partial charge >= 0.3 is 23.9 Å². The summed E-state index contributed by atoms with van der Waals surface area (Å²) < 4.78 is 28.4. The van der Waals surface area contributed by atoms with Crippen LogP contribution in [0.5, 0.6) is 0 Å². The van der Waals surface area contributed by atoms with Crippen molar-refractivity contribution < 1.29 is 58.2 Å². The highest BCUT2D eigenvalue weighted by Crippen LogP contribution is 2.26. The van der Waals surface area contributed by atoms with Gasteiger partial charge in [0.15, 0.2) is 24.6 Å². The smallest absolute Gasteiger partial charge is 0.335 e. The van der Waals surface area contributed by atoms with Crippen molar-refractivity contribution in [1.82, 2.24) is 0 Å². The van der Waals surface area contributed by atoms with Crippen LogP contribution in [0.4, 0.5) is 0 Å². The molecule has 0 aromatic carbocycles. The minimum atomic E-state index is -1.93. The molecule has 0 radical (unpaired) electrons. The molecule has 1 heterocycles. The van der Waals surface area contributed by atoms with E-state index in [1.54, 1.807) is 0 Å². The van der Waals surface area contributed by atoms with Gasteiger partial charge in [-0.2, -0.15) is 0 Å². The van der Waals surface area contributed by atoms with Crippen LogP contribution in [0.2, 0.25) is 0 Å². The Morgan fingerprint density at radius 3 is 1.11 bits per heavy atom. The number of hydrogen-bond acceptors (Lipinski definition) is 11. The van der Waals surface area contributed by atoms with E-state index in [0.29, 0.717) is 32.1 Å². The number of aliphatic carboxylic acids is 1. The van der Waals surface area contributed by atoms with Gasteiger partial charge in [-0.1, -0.05) is 269 Å². The Morgan fingerprint density at radius 1 is 0.400 bits per heavy atom. The molecule has 0 aromatic heterocycles.